The quantitative estimate of drug-likeness (QED) is 0.158. The highest BCUT2D eigenvalue weighted by Crippen LogP contribution is 2.37. The Balaban J connectivity index is 1.34. The van der Waals surface area contributed by atoms with Crippen LogP contribution in [0.25, 0.3) is 22.4 Å². The smallest absolute Gasteiger partial charge is 0.408 e. The van der Waals surface area contributed by atoms with Crippen LogP contribution in [-0.4, -0.2) is 75.1 Å². The number of piperidine rings is 1. The predicted octanol–water partition coefficient (Wildman–Crippen LogP) is 5.58. The first-order valence-electron chi connectivity index (χ1n) is 17.9. The van der Waals surface area contributed by atoms with Gasteiger partial charge in [0.2, 0.25) is 11.8 Å². The number of hydrogen-bond acceptors (Lipinski definition) is 8. The molecule has 1 aliphatic heterocycles. The highest BCUT2D eigenvalue weighted by molar-refractivity contribution is 5.99. The van der Waals surface area contributed by atoms with Crippen molar-refractivity contribution in [2.75, 3.05) is 18.5 Å². The fourth-order valence-electron chi connectivity index (χ4n) is 6.39. The molecule has 4 amide bonds. The number of nitrogens with two attached hydrogens (primary N) is 1. The lowest BCUT2D eigenvalue weighted by Gasteiger charge is -2.37. The number of ether oxygens (including phenoxy) is 2. The van der Waals surface area contributed by atoms with Crippen LogP contribution in [0.15, 0.2) is 72.9 Å². The Morgan fingerprint density at radius 1 is 0.963 bits per heavy atom. The number of likely N-dealkylation sites (tertiary alicyclic amines) is 1. The SMILES string of the molecule is CC(=O)c1ccc(C[C@H](NC(=O)OC(C)(C)C)C(=O)N2CCCCC2C(=O)Nc2ccc(-c3cn(C)nc3-c3cc(C)ccc3OCC(N)=O)cc2)cc1. The first-order chi connectivity index (χ1) is 25.6. The zero-order chi connectivity index (χ0) is 39.2. The highest BCUT2D eigenvalue weighted by atomic mass is 16.6. The van der Waals surface area contributed by atoms with Gasteiger partial charge in [0.1, 0.15) is 29.1 Å². The van der Waals surface area contributed by atoms with Gasteiger partial charge in [0.05, 0.1) is 0 Å². The molecule has 13 nitrogen and oxygen atoms in total. The molecule has 13 heteroatoms. The maximum atomic E-state index is 14.2. The Bertz CT molecular complexity index is 2010. The van der Waals surface area contributed by atoms with Gasteiger partial charge in [0, 0.05) is 48.6 Å². The number of aryl methyl sites for hydroxylation is 2. The molecule has 0 aliphatic carbocycles. The maximum Gasteiger partial charge on any atom is 0.408 e. The molecule has 0 spiro atoms. The van der Waals surface area contributed by atoms with E-state index >= 15 is 0 Å². The van der Waals surface area contributed by atoms with Crippen molar-refractivity contribution in [3.63, 3.8) is 0 Å². The van der Waals surface area contributed by atoms with E-state index in [1.54, 1.807) is 72.8 Å². The van der Waals surface area contributed by atoms with E-state index in [-0.39, 0.29) is 24.7 Å². The molecule has 1 unspecified atom stereocenters. The summed E-state index contributed by atoms with van der Waals surface area (Å²) in [5, 5.41) is 10.4. The van der Waals surface area contributed by atoms with E-state index in [0.717, 1.165) is 28.7 Å². The average Bonchev–Trinajstić information content (AvgIpc) is 3.51. The average molecular weight is 737 g/mol. The van der Waals surface area contributed by atoms with Crippen LogP contribution in [0.3, 0.4) is 0 Å². The van der Waals surface area contributed by atoms with Gasteiger partial charge in [-0.1, -0.05) is 48.0 Å². The summed E-state index contributed by atoms with van der Waals surface area (Å²) in [4.78, 5) is 65.8. The van der Waals surface area contributed by atoms with Gasteiger partial charge in [-0.2, -0.15) is 5.10 Å². The second kappa shape index (κ2) is 16.8. The molecule has 5 rings (SSSR count). The van der Waals surface area contributed by atoms with Crippen molar-refractivity contribution in [3.8, 4) is 28.1 Å². The Hall–Kier alpha value is -5.98. The number of nitrogens with zero attached hydrogens (tertiary/aromatic N) is 3. The van der Waals surface area contributed by atoms with Gasteiger partial charge >= 0.3 is 6.09 Å². The number of aromatic nitrogens is 2. The number of rotatable bonds is 12. The van der Waals surface area contributed by atoms with Crippen molar-refractivity contribution in [1.82, 2.24) is 20.0 Å². The van der Waals surface area contributed by atoms with Gasteiger partial charge < -0.3 is 30.7 Å². The molecule has 54 heavy (non-hydrogen) atoms. The second-order valence-corrected chi connectivity index (χ2v) is 14.6. The zero-order valence-corrected chi connectivity index (χ0v) is 31.6. The topological polar surface area (TPSA) is 175 Å². The first-order valence-corrected chi connectivity index (χ1v) is 17.9. The Morgan fingerprint density at radius 3 is 2.31 bits per heavy atom. The monoisotopic (exact) mass is 736 g/mol. The molecule has 1 aromatic heterocycles. The van der Waals surface area contributed by atoms with Crippen molar-refractivity contribution < 1.29 is 33.4 Å². The third kappa shape index (κ3) is 10.1. The molecular formula is C41H48N6O7. The zero-order valence-electron chi connectivity index (χ0n) is 31.6. The molecule has 0 radical (unpaired) electrons. The summed E-state index contributed by atoms with van der Waals surface area (Å²) in [7, 11) is 1.82. The molecule has 4 N–H and O–H groups in total. The number of hydrogen-bond donors (Lipinski definition) is 3. The fourth-order valence-corrected chi connectivity index (χ4v) is 6.39. The second-order valence-electron chi connectivity index (χ2n) is 14.6. The summed E-state index contributed by atoms with van der Waals surface area (Å²) in [6, 6.07) is 18.0. The van der Waals surface area contributed by atoms with Crippen LogP contribution in [-0.2, 0) is 32.6 Å². The van der Waals surface area contributed by atoms with Crippen molar-refractivity contribution >= 4 is 35.3 Å². The first kappa shape index (κ1) is 39.2. The van der Waals surface area contributed by atoms with Crippen LogP contribution < -0.4 is 21.1 Å². The number of benzene rings is 3. The molecule has 0 bridgehead atoms. The van der Waals surface area contributed by atoms with Crippen LogP contribution in [0.1, 0.15) is 68.4 Å². The lowest BCUT2D eigenvalue weighted by Crippen LogP contribution is -2.57. The third-order valence-corrected chi connectivity index (χ3v) is 8.93. The van der Waals surface area contributed by atoms with Crippen LogP contribution in [0.4, 0.5) is 10.5 Å². The standard InChI is InChI=1S/C41H48N6O7/c1-25-10-19-35(53-24-36(42)49)31(21-25)37-32(23-46(6)45-37)29-15-17-30(18-16-29)43-38(50)34-9-7-8-20-47(34)39(51)33(44-40(52)54-41(3,4)5)22-27-11-13-28(14-12-27)26(2)48/h10-19,21,23,33-34H,7-9,20,22,24H2,1-6H3,(H2,42,49)(H,43,50)(H,44,52)/t33-,34?/m0/s1. The minimum Gasteiger partial charge on any atom is -0.483 e. The van der Waals surface area contributed by atoms with Crippen molar-refractivity contribution in [1.29, 1.82) is 0 Å². The van der Waals surface area contributed by atoms with Gasteiger partial charge in [-0.05, 0) is 89.3 Å². The van der Waals surface area contributed by atoms with Crippen molar-refractivity contribution in [3.05, 3.63) is 89.6 Å². The third-order valence-electron chi connectivity index (χ3n) is 8.93. The summed E-state index contributed by atoms with van der Waals surface area (Å²) in [5.74, 6) is -0.925. The van der Waals surface area contributed by atoms with Gasteiger partial charge in [-0.15, -0.1) is 0 Å². The molecule has 4 aromatic rings. The normalized spacial score (nSPS) is 14.9. The number of amides is 4. The minimum absolute atomic E-state index is 0.0793. The number of carbonyl (C=O) groups is 5. The number of ketones is 1. The Morgan fingerprint density at radius 2 is 1.67 bits per heavy atom. The van der Waals surface area contributed by atoms with E-state index in [9.17, 15) is 24.0 Å². The van der Waals surface area contributed by atoms with Crippen molar-refractivity contribution in [2.45, 2.75) is 78.0 Å². The molecule has 1 aliphatic rings. The van der Waals surface area contributed by atoms with Gasteiger partial charge in [0.25, 0.3) is 5.91 Å². The van der Waals surface area contributed by atoms with E-state index in [4.69, 9.17) is 20.3 Å². The number of anilines is 1. The Labute approximate surface area is 315 Å². The molecule has 2 atom stereocenters. The van der Waals surface area contributed by atoms with E-state index in [2.05, 4.69) is 10.6 Å². The van der Waals surface area contributed by atoms with Crippen LogP contribution >= 0.6 is 0 Å². The summed E-state index contributed by atoms with van der Waals surface area (Å²) in [6.07, 6.45) is 3.20. The van der Waals surface area contributed by atoms with E-state index in [1.165, 1.54) is 6.92 Å². The molecule has 3 aromatic carbocycles. The lowest BCUT2D eigenvalue weighted by atomic mass is 9.97. The number of alkyl carbamates (subject to hydrolysis) is 1. The summed E-state index contributed by atoms with van der Waals surface area (Å²) in [6.45, 7) is 8.72. The van der Waals surface area contributed by atoms with Gasteiger partial charge in [-0.25, -0.2) is 4.79 Å². The number of Topliss-reactive ketones (excluding diaryl/α,β-unsaturated/α-hetero) is 1. The molecular weight excluding hydrogens is 688 g/mol. The van der Waals surface area contributed by atoms with Gasteiger partial charge in [0.15, 0.2) is 12.4 Å². The van der Waals surface area contributed by atoms with Crippen LogP contribution in [0.2, 0.25) is 0 Å². The van der Waals surface area contributed by atoms with E-state index in [1.807, 2.05) is 44.4 Å². The summed E-state index contributed by atoms with van der Waals surface area (Å²) < 4.78 is 12.9. The largest absolute Gasteiger partial charge is 0.483 e. The molecule has 1 saturated heterocycles. The number of primary amides is 1. The van der Waals surface area contributed by atoms with Gasteiger partial charge in [-0.3, -0.25) is 23.9 Å². The fraction of sp³-hybridized carbons (Fsp3) is 0.366. The summed E-state index contributed by atoms with van der Waals surface area (Å²) >= 11 is 0. The minimum atomic E-state index is -1.01. The van der Waals surface area contributed by atoms with Crippen LogP contribution in [0.5, 0.6) is 5.75 Å². The molecule has 0 saturated carbocycles. The number of nitrogens with one attached hydrogen (secondary N) is 2. The number of carbonyl (C=O) groups excluding carboxylic acids is 5. The molecule has 1 fully saturated rings. The van der Waals surface area contributed by atoms with E-state index < -0.39 is 35.6 Å². The maximum absolute atomic E-state index is 14.2. The highest BCUT2D eigenvalue weighted by Gasteiger charge is 2.37. The summed E-state index contributed by atoms with van der Waals surface area (Å²) in [5.41, 5.74) is 10.4. The molecule has 2 heterocycles. The predicted molar refractivity (Wildman–Crippen MR) is 205 cm³/mol. The molecule has 284 valence electrons. The Kier molecular flexibility index (Phi) is 12.2. The van der Waals surface area contributed by atoms with Crippen LogP contribution in [0, 0.1) is 6.92 Å². The lowest BCUT2D eigenvalue weighted by molar-refractivity contribution is -0.142. The van der Waals surface area contributed by atoms with Crippen molar-refractivity contribution in [2.24, 2.45) is 12.8 Å². The van der Waals surface area contributed by atoms with E-state index in [0.29, 0.717) is 47.6 Å².